The second kappa shape index (κ2) is 6.72. The molecule has 0 aliphatic carbocycles. The number of esters is 1. The number of carbonyl (C=O) groups excluding carboxylic acids is 1. The van der Waals surface area contributed by atoms with Crippen LogP contribution in [0, 0.1) is 0 Å². The second-order valence-corrected chi connectivity index (χ2v) is 7.31. The minimum absolute atomic E-state index is 0.0922. The monoisotopic (exact) mass is 338 g/mol. The average molecular weight is 338 g/mol. The van der Waals surface area contributed by atoms with Gasteiger partial charge in [0.25, 0.3) is 0 Å². The van der Waals surface area contributed by atoms with E-state index in [-0.39, 0.29) is 31.3 Å². The summed E-state index contributed by atoms with van der Waals surface area (Å²) in [6, 6.07) is 4.98. The van der Waals surface area contributed by atoms with E-state index in [9.17, 15) is 13.2 Å². The van der Waals surface area contributed by atoms with Crippen molar-refractivity contribution in [3.63, 3.8) is 0 Å². The molecule has 0 spiro atoms. The highest BCUT2D eigenvalue weighted by Gasteiger charge is 2.39. The molecule has 1 aromatic carbocycles. The molecule has 7 heteroatoms. The zero-order chi connectivity index (χ0) is 17.2. The van der Waals surface area contributed by atoms with Gasteiger partial charge >= 0.3 is 16.2 Å². The fourth-order valence-electron chi connectivity index (χ4n) is 2.63. The van der Waals surface area contributed by atoms with Crippen LogP contribution in [0.15, 0.2) is 30.9 Å². The Kier molecular flexibility index (Phi) is 5.11. The number of benzene rings is 1. The number of carbonyl (C=O) groups is 1. The first kappa shape index (κ1) is 17.5. The second-order valence-electron chi connectivity index (χ2n) is 5.50. The van der Waals surface area contributed by atoms with Gasteiger partial charge in [-0.25, -0.2) is 4.79 Å². The predicted octanol–water partition coefficient (Wildman–Crippen LogP) is 2.32. The summed E-state index contributed by atoms with van der Waals surface area (Å²) in [5.41, 5.74) is 1.43. The van der Waals surface area contributed by atoms with Crippen LogP contribution in [0.25, 0.3) is 0 Å². The van der Waals surface area contributed by atoms with E-state index >= 15 is 0 Å². The molecule has 0 saturated carbocycles. The standard InChI is InChI=1S/C16H22N2O4S/c1-5-10-17-15-13(11-18(12(3)4)23(17,20)21)8-7-9-14(15)16(19)22-6-2/h5,7-9,12H,1,6,10-11H2,2-4H3. The van der Waals surface area contributed by atoms with Gasteiger partial charge in [0.15, 0.2) is 0 Å². The Hall–Kier alpha value is -1.86. The van der Waals surface area contributed by atoms with Crippen LogP contribution in [0.2, 0.25) is 0 Å². The van der Waals surface area contributed by atoms with E-state index in [1.807, 2.05) is 19.9 Å². The lowest BCUT2D eigenvalue weighted by atomic mass is 10.1. The van der Waals surface area contributed by atoms with Gasteiger partial charge in [0.2, 0.25) is 0 Å². The lowest BCUT2D eigenvalue weighted by Crippen LogP contribution is -2.50. The van der Waals surface area contributed by atoms with E-state index in [2.05, 4.69) is 6.58 Å². The number of nitrogens with zero attached hydrogens (tertiary/aromatic N) is 2. The maximum Gasteiger partial charge on any atom is 0.340 e. The highest BCUT2D eigenvalue weighted by atomic mass is 32.2. The quantitative estimate of drug-likeness (QED) is 0.610. The van der Waals surface area contributed by atoms with Gasteiger partial charge in [0.1, 0.15) is 0 Å². The van der Waals surface area contributed by atoms with Crippen molar-refractivity contribution in [2.45, 2.75) is 33.4 Å². The maximum atomic E-state index is 12.9. The Morgan fingerprint density at radius 1 is 1.43 bits per heavy atom. The average Bonchev–Trinajstić information content (AvgIpc) is 2.49. The Balaban J connectivity index is 2.66. The highest BCUT2D eigenvalue weighted by Crippen LogP contribution is 2.36. The first-order valence-electron chi connectivity index (χ1n) is 7.54. The van der Waals surface area contributed by atoms with Gasteiger partial charge in [-0.2, -0.15) is 12.7 Å². The van der Waals surface area contributed by atoms with Crippen molar-refractivity contribution in [3.05, 3.63) is 42.0 Å². The number of rotatable bonds is 5. The molecule has 1 aliphatic rings. The molecule has 0 fully saturated rings. The summed E-state index contributed by atoms with van der Waals surface area (Å²) in [5.74, 6) is -0.522. The summed E-state index contributed by atoms with van der Waals surface area (Å²) >= 11 is 0. The molecule has 23 heavy (non-hydrogen) atoms. The van der Waals surface area contributed by atoms with Crippen molar-refractivity contribution in [1.29, 1.82) is 0 Å². The Labute approximate surface area is 137 Å². The zero-order valence-electron chi connectivity index (χ0n) is 13.7. The van der Waals surface area contributed by atoms with Crippen LogP contribution < -0.4 is 4.31 Å². The summed E-state index contributed by atoms with van der Waals surface area (Å²) in [6.07, 6.45) is 1.51. The van der Waals surface area contributed by atoms with Gasteiger partial charge in [0.05, 0.1) is 24.4 Å². The fraction of sp³-hybridized carbons (Fsp3) is 0.438. The minimum atomic E-state index is -3.72. The van der Waals surface area contributed by atoms with Crippen LogP contribution >= 0.6 is 0 Å². The Morgan fingerprint density at radius 2 is 2.13 bits per heavy atom. The fourth-order valence-corrected chi connectivity index (χ4v) is 4.46. The smallest absolute Gasteiger partial charge is 0.340 e. The van der Waals surface area contributed by atoms with Gasteiger partial charge in [-0.1, -0.05) is 18.2 Å². The normalized spacial score (nSPS) is 17.0. The molecular weight excluding hydrogens is 316 g/mol. The summed E-state index contributed by atoms with van der Waals surface area (Å²) in [4.78, 5) is 12.2. The number of anilines is 1. The highest BCUT2D eigenvalue weighted by molar-refractivity contribution is 7.90. The van der Waals surface area contributed by atoms with Gasteiger partial charge < -0.3 is 4.74 Å². The molecule has 1 heterocycles. The zero-order valence-corrected chi connectivity index (χ0v) is 14.5. The Morgan fingerprint density at radius 3 is 2.70 bits per heavy atom. The van der Waals surface area contributed by atoms with E-state index in [4.69, 9.17) is 4.74 Å². The number of ether oxygens (including phenoxy) is 1. The molecule has 0 atom stereocenters. The summed E-state index contributed by atoms with van der Waals surface area (Å²) in [7, 11) is -3.72. The van der Waals surface area contributed by atoms with Gasteiger partial charge in [-0.05, 0) is 32.4 Å². The van der Waals surface area contributed by atoms with Crippen molar-refractivity contribution < 1.29 is 17.9 Å². The minimum Gasteiger partial charge on any atom is -0.462 e. The molecule has 0 saturated heterocycles. The molecule has 1 aliphatic heterocycles. The lowest BCUT2D eigenvalue weighted by Gasteiger charge is -2.39. The van der Waals surface area contributed by atoms with E-state index in [1.165, 1.54) is 14.7 Å². The molecule has 0 amide bonds. The first-order valence-corrected chi connectivity index (χ1v) is 8.93. The molecule has 0 bridgehead atoms. The van der Waals surface area contributed by atoms with E-state index in [0.717, 1.165) is 5.56 Å². The van der Waals surface area contributed by atoms with E-state index in [0.29, 0.717) is 5.69 Å². The Bertz CT molecular complexity index is 713. The molecule has 0 unspecified atom stereocenters. The first-order chi connectivity index (χ1) is 10.8. The van der Waals surface area contributed by atoms with Crippen molar-refractivity contribution >= 4 is 21.9 Å². The van der Waals surface area contributed by atoms with Gasteiger partial charge in [-0.3, -0.25) is 4.31 Å². The topological polar surface area (TPSA) is 66.9 Å². The van der Waals surface area contributed by atoms with Crippen LogP contribution in [0.4, 0.5) is 5.69 Å². The van der Waals surface area contributed by atoms with Gasteiger partial charge in [0, 0.05) is 12.6 Å². The predicted molar refractivity (Wildman–Crippen MR) is 89.5 cm³/mol. The molecule has 1 aromatic rings. The third-order valence-corrected chi connectivity index (χ3v) is 5.67. The third-order valence-electron chi connectivity index (χ3n) is 3.64. The number of hydrogen-bond donors (Lipinski definition) is 0. The molecule has 2 rings (SSSR count). The van der Waals surface area contributed by atoms with Crippen molar-refractivity contribution in [2.75, 3.05) is 17.5 Å². The molecule has 0 aromatic heterocycles. The maximum absolute atomic E-state index is 12.9. The van der Waals surface area contributed by atoms with Crippen LogP contribution in [-0.2, 0) is 21.5 Å². The van der Waals surface area contributed by atoms with E-state index < -0.39 is 16.2 Å². The van der Waals surface area contributed by atoms with E-state index in [1.54, 1.807) is 19.1 Å². The third kappa shape index (κ3) is 3.11. The number of fused-ring (bicyclic) bond motifs is 1. The summed E-state index contributed by atoms with van der Waals surface area (Å²) < 4.78 is 33.5. The largest absolute Gasteiger partial charge is 0.462 e. The molecule has 126 valence electrons. The van der Waals surface area contributed by atoms with Crippen LogP contribution in [0.5, 0.6) is 0 Å². The SMILES string of the molecule is C=CCN1c2c(cccc2C(=O)OCC)CN(C(C)C)S1(=O)=O. The van der Waals surface area contributed by atoms with Gasteiger partial charge in [-0.15, -0.1) is 6.58 Å². The van der Waals surface area contributed by atoms with Crippen molar-refractivity contribution in [3.8, 4) is 0 Å². The number of hydrogen-bond acceptors (Lipinski definition) is 4. The molecule has 6 nitrogen and oxygen atoms in total. The summed E-state index contributed by atoms with van der Waals surface area (Å²) in [5, 5.41) is 0. The van der Waals surface area contributed by atoms with Crippen molar-refractivity contribution in [2.24, 2.45) is 0 Å². The molecular formula is C16H22N2O4S. The van der Waals surface area contributed by atoms with Crippen LogP contribution in [0.3, 0.4) is 0 Å². The lowest BCUT2D eigenvalue weighted by molar-refractivity contribution is 0.0527. The number of para-hydroxylation sites is 1. The summed E-state index contributed by atoms with van der Waals surface area (Å²) in [6.45, 7) is 9.55. The molecule has 0 radical (unpaired) electrons. The van der Waals surface area contributed by atoms with Crippen molar-refractivity contribution in [1.82, 2.24) is 4.31 Å². The van der Waals surface area contributed by atoms with Crippen LogP contribution in [0.1, 0.15) is 36.7 Å². The molecule has 0 N–H and O–H groups in total. The van der Waals surface area contributed by atoms with Crippen LogP contribution in [-0.4, -0.2) is 37.9 Å².